The fourth-order valence-electron chi connectivity index (χ4n) is 7.59. The summed E-state index contributed by atoms with van der Waals surface area (Å²) in [6, 6.07) is 9.45. The third kappa shape index (κ3) is 6.77. The maximum Gasteiger partial charge on any atom is 0.255 e. The van der Waals surface area contributed by atoms with E-state index in [2.05, 4.69) is 62.5 Å². The molecule has 1 atom stereocenters. The monoisotopic (exact) mass is 752 g/mol. The van der Waals surface area contributed by atoms with Gasteiger partial charge in [-0.15, -0.1) is 0 Å². The second kappa shape index (κ2) is 14.2. The van der Waals surface area contributed by atoms with Crippen molar-refractivity contribution in [3.63, 3.8) is 0 Å². The molecule has 18 heteroatoms. The van der Waals surface area contributed by atoms with Crippen molar-refractivity contribution in [2.75, 3.05) is 30.4 Å². The lowest BCUT2D eigenvalue weighted by Gasteiger charge is -2.37. The summed E-state index contributed by atoms with van der Waals surface area (Å²) in [5.74, 6) is 1.45. The van der Waals surface area contributed by atoms with Crippen molar-refractivity contribution in [1.29, 1.82) is 0 Å². The fraction of sp³-hybridized carbons (Fsp3) is 0.389. The lowest BCUT2D eigenvalue weighted by molar-refractivity contribution is -0.136. The molecule has 7 heterocycles. The van der Waals surface area contributed by atoms with Crippen molar-refractivity contribution >= 4 is 57.0 Å². The van der Waals surface area contributed by atoms with Crippen molar-refractivity contribution in [2.24, 2.45) is 0 Å². The predicted octanol–water partition coefficient (Wildman–Crippen LogP) is 2.65. The average molecular weight is 753 g/mol. The van der Waals surface area contributed by atoms with Gasteiger partial charge < -0.3 is 15.1 Å². The summed E-state index contributed by atoms with van der Waals surface area (Å²) in [7, 11) is -0.741. The number of fused-ring (bicyclic) bond motifs is 2. The van der Waals surface area contributed by atoms with Gasteiger partial charge >= 0.3 is 0 Å². The number of benzene rings is 1. The molecule has 5 aromatic rings. The first kappa shape index (κ1) is 35.3. The number of pyridine rings is 1. The van der Waals surface area contributed by atoms with E-state index in [1.165, 1.54) is 12.4 Å². The molecule has 3 amide bonds. The van der Waals surface area contributed by atoms with E-state index in [4.69, 9.17) is 10.1 Å². The molecule has 0 spiro atoms. The van der Waals surface area contributed by atoms with Gasteiger partial charge in [0.1, 0.15) is 17.7 Å². The number of carbonyl (C=O) groups is 3. The molecule has 17 nitrogen and oxygen atoms in total. The van der Waals surface area contributed by atoms with Crippen LogP contribution in [0.1, 0.15) is 67.1 Å². The number of hydrogen-bond donors (Lipinski definition) is 3. The Balaban J connectivity index is 0.920. The molecule has 54 heavy (non-hydrogen) atoms. The Hall–Kier alpha value is -5.75. The number of imide groups is 1. The first-order chi connectivity index (χ1) is 26.0. The van der Waals surface area contributed by atoms with Gasteiger partial charge in [0.05, 0.1) is 28.9 Å². The highest BCUT2D eigenvalue weighted by molar-refractivity contribution is 7.70. The van der Waals surface area contributed by atoms with Gasteiger partial charge in [-0.05, 0) is 63.4 Å². The van der Waals surface area contributed by atoms with Crippen LogP contribution in [0.15, 0.2) is 55.1 Å². The molecule has 1 unspecified atom stereocenters. The van der Waals surface area contributed by atoms with E-state index in [1.807, 2.05) is 29.1 Å². The van der Waals surface area contributed by atoms with Gasteiger partial charge in [-0.2, -0.15) is 14.3 Å². The van der Waals surface area contributed by atoms with Crippen LogP contribution in [0.5, 0.6) is 0 Å². The number of nitrogens with one attached hydrogen (secondary N) is 2. The van der Waals surface area contributed by atoms with Crippen LogP contribution < -0.4 is 15.5 Å². The number of piperidine rings is 2. The number of thiol groups is 1. The summed E-state index contributed by atoms with van der Waals surface area (Å²) in [6.45, 7) is 6.95. The zero-order valence-corrected chi connectivity index (χ0v) is 30.9. The zero-order chi connectivity index (χ0) is 37.7. The minimum atomic E-state index is -2.88. The fourth-order valence-corrected chi connectivity index (χ4v) is 7.94. The third-order valence-electron chi connectivity index (χ3n) is 10.4. The molecule has 3 aliphatic rings. The maximum absolute atomic E-state index is 13.1. The predicted molar refractivity (Wildman–Crippen MR) is 199 cm³/mol. The van der Waals surface area contributed by atoms with E-state index in [0.29, 0.717) is 47.6 Å². The minimum absolute atomic E-state index is 0.105. The Morgan fingerprint density at radius 2 is 1.83 bits per heavy atom. The normalized spacial score (nSPS) is 18.0. The summed E-state index contributed by atoms with van der Waals surface area (Å²) in [4.78, 5) is 57.0. The van der Waals surface area contributed by atoms with Crippen LogP contribution in [-0.4, -0.2) is 102 Å². The van der Waals surface area contributed by atoms with Crippen molar-refractivity contribution in [3.8, 4) is 11.4 Å². The first-order valence-corrected chi connectivity index (χ1v) is 19.0. The van der Waals surface area contributed by atoms with Crippen molar-refractivity contribution in [2.45, 2.75) is 70.7 Å². The molecule has 0 radical (unpaired) electrons. The SMILES string of the molecule is CC(C)n1nc(N2CCC(N(C)Cc3ccc4c(c3)CN(C3CCC(=O)NC3=O)C4=O)CC2)c2cnc(Nc3ccnc(-c4cnn([SH](=O)=O)c4)n3)cc21. The van der Waals surface area contributed by atoms with Gasteiger partial charge in [0.25, 0.3) is 5.91 Å². The zero-order valence-electron chi connectivity index (χ0n) is 30.0. The van der Waals surface area contributed by atoms with E-state index in [9.17, 15) is 22.8 Å². The number of amides is 3. The molecular formula is C36H40N12O5S. The third-order valence-corrected chi connectivity index (χ3v) is 10.9. The molecule has 0 saturated carbocycles. The van der Waals surface area contributed by atoms with Gasteiger partial charge in [-0.1, -0.05) is 12.1 Å². The molecular weight excluding hydrogens is 713 g/mol. The molecule has 4 aromatic heterocycles. The molecule has 2 N–H and O–H groups in total. The molecule has 8 rings (SSSR count). The Morgan fingerprint density at radius 1 is 1.02 bits per heavy atom. The summed E-state index contributed by atoms with van der Waals surface area (Å²) >= 11 is 0. The van der Waals surface area contributed by atoms with Crippen LogP contribution in [0.25, 0.3) is 22.3 Å². The summed E-state index contributed by atoms with van der Waals surface area (Å²) in [6.07, 6.45) is 8.67. The van der Waals surface area contributed by atoms with Crippen LogP contribution in [0.3, 0.4) is 0 Å². The largest absolute Gasteiger partial charge is 0.354 e. The molecule has 0 bridgehead atoms. The van der Waals surface area contributed by atoms with Crippen LogP contribution in [0.4, 0.5) is 17.5 Å². The Kier molecular flexibility index (Phi) is 9.31. The maximum atomic E-state index is 13.1. The van der Waals surface area contributed by atoms with Gasteiger partial charge in [-0.3, -0.25) is 29.3 Å². The Labute approximate surface area is 312 Å². The van der Waals surface area contributed by atoms with Gasteiger partial charge in [-0.25, -0.2) is 23.4 Å². The van der Waals surface area contributed by atoms with E-state index < -0.39 is 22.8 Å². The smallest absolute Gasteiger partial charge is 0.255 e. The van der Waals surface area contributed by atoms with Crippen LogP contribution in [0.2, 0.25) is 0 Å². The Bertz CT molecular complexity index is 2350. The highest BCUT2D eigenvalue weighted by Crippen LogP contribution is 2.33. The highest BCUT2D eigenvalue weighted by atomic mass is 32.2. The number of aromatic nitrogens is 7. The van der Waals surface area contributed by atoms with Crippen LogP contribution in [0, 0.1) is 0 Å². The quantitative estimate of drug-likeness (QED) is 0.139. The lowest BCUT2D eigenvalue weighted by Crippen LogP contribution is -2.52. The van der Waals surface area contributed by atoms with E-state index in [1.54, 1.807) is 17.2 Å². The van der Waals surface area contributed by atoms with Crippen LogP contribution >= 0.6 is 0 Å². The average Bonchev–Trinajstić information content (AvgIpc) is 3.88. The molecule has 2 saturated heterocycles. The van der Waals surface area contributed by atoms with Gasteiger partial charge in [0.2, 0.25) is 22.7 Å². The van der Waals surface area contributed by atoms with E-state index in [0.717, 1.165) is 64.4 Å². The van der Waals surface area contributed by atoms with Gasteiger partial charge in [0, 0.05) is 68.7 Å². The summed E-state index contributed by atoms with van der Waals surface area (Å²) in [5.41, 5.74) is 4.06. The van der Waals surface area contributed by atoms with E-state index >= 15 is 0 Å². The molecule has 280 valence electrons. The van der Waals surface area contributed by atoms with E-state index in [-0.39, 0.29) is 24.3 Å². The minimum Gasteiger partial charge on any atom is -0.354 e. The molecule has 3 aliphatic heterocycles. The number of rotatable bonds is 10. The molecule has 2 fully saturated rings. The first-order valence-electron chi connectivity index (χ1n) is 17.9. The number of nitrogens with zero attached hydrogens (tertiary/aromatic N) is 10. The highest BCUT2D eigenvalue weighted by Gasteiger charge is 2.39. The van der Waals surface area contributed by atoms with Crippen molar-refractivity contribution in [3.05, 3.63) is 71.8 Å². The molecule has 1 aromatic carbocycles. The van der Waals surface area contributed by atoms with Gasteiger partial charge in [0.15, 0.2) is 11.6 Å². The summed E-state index contributed by atoms with van der Waals surface area (Å²) < 4.78 is 25.4. The second-order valence-corrected chi connectivity index (χ2v) is 15.1. The number of hydrogen-bond acceptors (Lipinski definition) is 13. The Morgan fingerprint density at radius 3 is 2.57 bits per heavy atom. The second-order valence-electron chi connectivity index (χ2n) is 14.3. The molecule has 0 aliphatic carbocycles. The lowest BCUT2D eigenvalue weighted by atomic mass is 10.0. The number of carbonyl (C=O) groups excluding carboxylic acids is 3. The van der Waals surface area contributed by atoms with Crippen molar-refractivity contribution < 1.29 is 22.8 Å². The van der Waals surface area contributed by atoms with Crippen LogP contribution in [-0.2, 0) is 33.6 Å². The topological polar surface area (TPSA) is 193 Å². The van der Waals surface area contributed by atoms with Crippen molar-refractivity contribution in [1.82, 2.24) is 49.0 Å². The number of anilines is 3. The summed E-state index contributed by atoms with van der Waals surface area (Å²) in [5, 5.41) is 15.5. The standard InChI is InChI=1S/C36H40N12O5S/c1-21(2)48-29-15-31(40-30-8-11-37-33(41-30)24-16-39-47(20-24)54(52)53)38-17-27(29)34(43-48)45-12-9-25(10-13-45)44(3)18-22-4-5-26-23(14-22)19-46(36(26)51)28-6-7-32(49)42-35(28)50/h4-5,8,11,14-17,20-21,25,28,54H,6-7,9-10,12-13,18-19H2,1-3H3,(H,42,49,50)(H,37,38,40,41).